The molecule has 1 aromatic rings. The molecule has 2 atom stereocenters. The van der Waals surface area contributed by atoms with Gasteiger partial charge in [-0.1, -0.05) is 20.8 Å². The number of anilines is 1. The van der Waals surface area contributed by atoms with Gasteiger partial charge in [0.25, 0.3) is 0 Å². The van der Waals surface area contributed by atoms with Gasteiger partial charge in [0.1, 0.15) is 5.82 Å². The Morgan fingerprint density at radius 1 is 1.32 bits per heavy atom. The maximum Gasteiger partial charge on any atom is 0.129 e. The molecule has 1 fully saturated rings. The first-order valence-electron chi connectivity index (χ1n) is 7.48. The summed E-state index contributed by atoms with van der Waals surface area (Å²) >= 11 is 0. The molecule has 0 aromatic carbocycles. The van der Waals surface area contributed by atoms with Crippen LogP contribution in [0.5, 0.6) is 0 Å². The first kappa shape index (κ1) is 14.3. The molecule has 0 saturated carbocycles. The maximum absolute atomic E-state index is 5.83. The highest BCUT2D eigenvalue weighted by molar-refractivity contribution is 5.44. The monoisotopic (exact) mass is 261 g/mol. The molecule has 2 N–H and O–H groups in total. The van der Waals surface area contributed by atoms with E-state index in [1.165, 1.54) is 18.4 Å². The average Bonchev–Trinajstić information content (AvgIpc) is 2.40. The standard InChI is InChI=1S/C16H27N3/c1-11(2)15-7-14(9-17)8-16(18-15)19-10-12(3)5-6-13(19)4/h7-8,11-13H,5-6,9-10,17H2,1-4H3. The molecule has 0 spiro atoms. The highest BCUT2D eigenvalue weighted by Gasteiger charge is 2.24. The van der Waals surface area contributed by atoms with E-state index in [2.05, 4.69) is 44.7 Å². The van der Waals surface area contributed by atoms with Crippen LogP contribution in [0.15, 0.2) is 12.1 Å². The number of piperidine rings is 1. The Morgan fingerprint density at radius 3 is 2.68 bits per heavy atom. The molecule has 2 rings (SSSR count). The van der Waals surface area contributed by atoms with Gasteiger partial charge in [-0.25, -0.2) is 4.98 Å². The minimum absolute atomic E-state index is 0.447. The van der Waals surface area contributed by atoms with Crippen LogP contribution in [0.4, 0.5) is 5.82 Å². The summed E-state index contributed by atoms with van der Waals surface area (Å²) in [5.74, 6) is 2.32. The Morgan fingerprint density at radius 2 is 2.05 bits per heavy atom. The molecule has 19 heavy (non-hydrogen) atoms. The molecule has 0 bridgehead atoms. The van der Waals surface area contributed by atoms with E-state index >= 15 is 0 Å². The van der Waals surface area contributed by atoms with E-state index in [-0.39, 0.29) is 0 Å². The highest BCUT2D eigenvalue weighted by atomic mass is 15.2. The third kappa shape index (κ3) is 3.27. The van der Waals surface area contributed by atoms with Gasteiger partial charge >= 0.3 is 0 Å². The normalized spacial score (nSPS) is 24.0. The van der Waals surface area contributed by atoms with Crippen molar-refractivity contribution >= 4 is 5.82 Å². The summed E-state index contributed by atoms with van der Waals surface area (Å²) in [6, 6.07) is 4.89. The lowest BCUT2D eigenvalue weighted by molar-refractivity contribution is 0.388. The van der Waals surface area contributed by atoms with Gasteiger partial charge in [0.2, 0.25) is 0 Å². The highest BCUT2D eigenvalue weighted by Crippen LogP contribution is 2.28. The Labute approximate surface area is 117 Å². The van der Waals surface area contributed by atoms with Crippen LogP contribution in [0.3, 0.4) is 0 Å². The predicted octanol–water partition coefficient (Wildman–Crippen LogP) is 3.29. The Hall–Kier alpha value is -1.09. The van der Waals surface area contributed by atoms with Crippen LogP contribution in [0.2, 0.25) is 0 Å². The van der Waals surface area contributed by atoms with Crippen molar-refractivity contribution in [2.24, 2.45) is 11.7 Å². The number of pyridine rings is 1. The maximum atomic E-state index is 5.83. The zero-order valence-corrected chi connectivity index (χ0v) is 12.7. The molecule has 2 unspecified atom stereocenters. The number of hydrogen-bond acceptors (Lipinski definition) is 3. The summed E-state index contributed by atoms with van der Waals surface area (Å²) in [4.78, 5) is 7.32. The van der Waals surface area contributed by atoms with Crippen LogP contribution >= 0.6 is 0 Å². The Balaban J connectivity index is 2.34. The van der Waals surface area contributed by atoms with E-state index in [1.54, 1.807) is 0 Å². The largest absolute Gasteiger partial charge is 0.354 e. The van der Waals surface area contributed by atoms with Gasteiger partial charge in [0.05, 0.1) is 0 Å². The fraction of sp³-hybridized carbons (Fsp3) is 0.688. The van der Waals surface area contributed by atoms with E-state index in [1.807, 2.05) is 0 Å². The first-order valence-corrected chi connectivity index (χ1v) is 7.48. The van der Waals surface area contributed by atoms with Crippen LogP contribution in [0, 0.1) is 5.92 Å². The lowest BCUT2D eigenvalue weighted by Crippen LogP contribution is -2.41. The molecular formula is C16H27N3. The van der Waals surface area contributed by atoms with Crippen LogP contribution in [0.25, 0.3) is 0 Å². The zero-order chi connectivity index (χ0) is 14.0. The summed E-state index contributed by atoms with van der Waals surface area (Å²) in [6.07, 6.45) is 2.58. The molecule has 0 aliphatic carbocycles. The second-order valence-electron chi connectivity index (χ2n) is 6.30. The predicted molar refractivity (Wildman–Crippen MR) is 81.4 cm³/mol. The molecule has 106 valence electrons. The minimum atomic E-state index is 0.447. The molecule has 1 saturated heterocycles. The number of hydrogen-bond donors (Lipinski definition) is 1. The fourth-order valence-electron chi connectivity index (χ4n) is 2.76. The lowest BCUT2D eigenvalue weighted by atomic mass is 9.95. The van der Waals surface area contributed by atoms with Crippen molar-refractivity contribution in [3.05, 3.63) is 23.4 Å². The fourth-order valence-corrected chi connectivity index (χ4v) is 2.76. The van der Waals surface area contributed by atoms with E-state index in [0.717, 1.165) is 24.0 Å². The number of nitrogens with zero attached hydrogens (tertiary/aromatic N) is 2. The second kappa shape index (κ2) is 5.91. The summed E-state index contributed by atoms with van der Waals surface area (Å²) < 4.78 is 0. The number of nitrogens with two attached hydrogens (primary N) is 1. The molecule has 0 radical (unpaired) electrons. The third-order valence-corrected chi connectivity index (χ3v) is 4.13. The smallest absolute Gasteiger partial charge is 0.129 e. The van der Waals surface area contributed by atoms with Gasteiger partial charge in [-0.05, 0) is 49.3 Å². The van der Waals surface area contributed by atoms with Gasteiger partial charge < -0.3 is 10.6 Å². The van der Waals surface area contributed by atoms with E-state index < -0.39 is 0 Å². The SMILES string of the molecule is CC1CCC(C)N(c2cc(CN)cc(C(C)C)n2)C1. The molecule has 3 heteroatoms. The molecule has 0 amide bonds. The third-order valence-electron chi connectivity index (χ3n) is 4.13. The van der Waals surface area contributed by atoms with Crippen molar-refractivity contribution in [3.8, 4) is 0 Å². The van der Waals surface area contributed by atoms with E-state index in [9.17, 15) is 0 Å². The molecule has 2 heterocycles. The van der Waals surface area contributed by atoms with Gasteiger partial charge in [0.15, 0.2) is 0 Å². The molecule has 1 aliphatic rings. The molecule has 3 nitrogen and oxygen atoms in total. The van der Waals surface area contributed by atoms with Crippen molar-refractivity contribution in [2.45, 2.75) is 59.0 Å². The van der Waals surface area contributed by atoms with Crippen molar-refractivity contribution in [1.82, 2.24) is 4.98 Å². The second-order valence-corrected chi connectivity index (χ2v) is 6.30. The quantitative estimate of drug-likeness (QED) is 0.908. The molecular weight excluding hydrogens is 234 g/mol. The van der Waals surface area contributed by atoms with Crippen molar-refractivity contribution in [3.63, 3.8) is 0 Å². The van der Waals surface area contributed by atoms with Crippen molar-refractivity contribution < 1.29 is 0 Å². The first-order chi connectivity index (χ1) is 9.01. The average molecular weight is 261 g/mol. The topological polar surface area (TPSA) is 42.1 Å². The molecule has 1 aromatic heterocycles. The summed E-state index contributed by atoms with van der Waals surface area (Å²) in [5, 5.41) is 0. The number of aromatic nitrogens is 1. The summed E-state index contributed by atoms with van der Waals surface area (Å²) in [5.41, 5.74) is 8.18. The van der Waals surface area contributed by atoms with Crippen molar-refractivity contribution in [2.75, 3.05) is 11.4 Å². The van der Waals surface area contributed by atoms with Crippen molar-refractivity contribution in [1.29, 1.82) is 0 Å². The van der Waals surface area contributed by atoms with Gasteiger partial charge in [0, 0.05) is 24.8 Å². The summed E-state index contributed by atoms with van der Waals surface area (Å²) in [6.45, 7) is 10.7. The number of rotatable bonds is 3. The zero-order valence-electron chi connectivity index (χ0n) is 12.7. The van der Waals surface area contributed by atoms with E-state index in [4.69, 9.17) is 10.7 Å². The van der Waals surface area contributed by atoms with Gasteiger partial charge in [-0.15, -0.1) is 0 Å². The Kier molecular flexibility index (Phi) is 4.46. The van der Waals surface area contributed by atoms with E-state index in [0.29, 0.717) is 18.5 Å². The van der Waals surface area contributed by atoms with Crippen LogP contribution in [-0.4, -0.2) is 17.6 Å². The molecule has 1 aliphatic heterocycles. The van der Waals surface area contributed by atoms with Crippen LogP contribution in [0.1, 0.15) is 57.7 Å². The minimum Gasteiger partial charge on any atom is -0.354 e. The van der Waals surface area contributed by atoms with Gasteiger partial charge in [-0.3, -0.25) is 0 Å². The van der Waals surface area contributed by atoms with Crippen LogP contribution in [-0.2, 0) is 6.54 Å². The Bertz CT molecular complexity index is 428. The lowest BCUT2D eigenvalue weighted by Gasteiger charge is -2.38. The summed E-state index contributed by atoms with van der Waals surface area (Å²) in [7, 11) is 0. The van der Waals surface area contributed by atoms with Crippen LogP contribution < -0.4 is 10.6 Å². The van der Waals surface area contributed by atoms with Gasteiger partial charge in [-0.2, -0.15) is 0 Å².